The highest BCUT2D eigenvalue weighted by atomic mass is 19.2. The largest absolute Gasteiger partial charge is 0.478 e. The summed E-state index contributed by atoms with van der Waals surface area (Å²) in [5.41, 5.74) is 7.36. The molecule has 21 heteroatoms. The molecule has 0 aliphatic carbocycles. The maximum atomic E-state index is 14.7. The molecule has 6 aromatic rings. The summed E-state index contributed by atoms with van der Waals surface area (Å²) in [5, 5.41) is 22.5. The first-order valence-corrected chi connectivity index (χ1v) is 21.4. The molecule has 2 saturated heterocycles. The van der Waals surface area contributed by atoms with Crippen molar-refractivity contribution in [1.82, 2.24) is 45.1 Å². The van der Waals surface area contributed by atoms with Crippen molar-refractivity contribution in [2.75, 3.05) is 26.2 Å². The average molecular weight is 949 g/mol. The van der Waals surface area contributed by atoms with E-state index in [-0.39, 0.29) is 29.0 Å². The summed E-state index contributed by atoms with van der Waals surface area (Å²) < 4.78 is 89.7. The minimum Gasteiger partial charge on any atom is -0.478 e. The van der Waals surface area contributed by atoms with Gasteiger partial charge in [-0.3, -0.25) is 4.79 Å². The van der Waals surface area contributed by atoms with E-state index in [0.717, 1.165) is 24.3 Å². The zero-order valence-electron chi connectivity index (χ0n) is 37.7. The quantitative estimate of drug-likeness (QED) is 0.119. The summed E-state index contributed by atoms with van der Waals surface area (Å²) in [4.78, 5) is 45.0. The lowest BCUT2D eigenvalue weighted by Crippen LogP contribution is -2.50. The molecule has 2 aliphatic heterocycles. The third-order valence-corrected chi connectivity index (χ3v) is 11.2. The highest BCUT2D eigenvalue weighted by molar-refractivity contribution is 5.95. The number of nitrogens with one attached hydrogen (secondary N) is 2. The van der Waals surface area contributed by atoms with Crippen LogP contribution in [0.4, 0.5) is 31.1 Å². The summed E-state index contributed by atoms with van der Waals surface area (Å²) >= 11 is 0. The van der Waals surface area contributed by atoms with E-state index < -0.39 is 64.5 Å². The van der Waals surface area contributed by atoms with Crippen molar-refractivity contribution >= 4 is 18.0 Å². The molecule has 360 valence electrons. The lowest BCUT2D eigenvalue weighted by molar-refractivity contribution is 0.0186. The van der Waals surface area contributed by atoms with Gasteiger partial charge in [0.15, 0.2) is 34.9 Å². The number of piperidine rings is 2. The summed E-state index contributed by atoms with van der Waals surface area (Å²) in [7, 11) is 3.36. The van der Waals surface area contributed by atoms with Crippen molar-refractivity contribution in [3.8, 4) is 22.8 Å². The molecule has 5 N–H and O–H groups in total. The fraction of sp³-hybridized carbons (Fsp3) is 0.340. The topological polar surface area (TPSA) is 195 Å². The SMILES string of the molecule is CC(C)(C)OC(=O)N1CC[C@@H](c2ccc(F)c(F)c2)[C@H](N)C1.Cn1ncnc1-c1ccc(C(=O)N[C@@H]2CNCC[C@H]2c2ccc(F)c(F)c2)c(F)c1.Cn1ncnc1-c1ccc(C(=O)O)c(F)c1. The van der Waals surface area contributed by atoms with Crippen molar-refractivity contribution in [1.29, 1.82) is 0 Å². The Balaban J connectivity index is 0.000000177. The monoisotopic (exact) mass is 948 g/mol. The Morgan fingerprint density at radius 2 is 1.25 bits per heavy atom. The molecule has 2 amide bonds. The molecule has 15 nitrogen and oxygen atoms in total. The molecule has 8 rings (SSSR count). The molecule has 2 aromatic heterocycles. The summed E-state index contributed by atoms with van der Waals surface area (Å²) in [5.74, 6) is -6.27. The number of carbonyl (C=O) groups is 3. The number of aromatic nitrogens is 6. The normalized spacial score (nSPS) is 18.1. The highest BCUT2D eigenvalue weighted by Gasteiger charge is 2.33. The second-order valence-corrected chi connectivity index (χ2v) is 17.1. The molecule has 0 unspecified atom stereocenters. The van der Waals surface area contributed by atoms with Gasteiger partial charge in [-0.25, -0.2) is 55.3 Å². The van der Waals surface area contributed by atoms with E-state index in [1.165, 1.54) is 58.4 Å². The molecule has 0 radical (unpaired) electrons. The van der Waals surface area contributed by atoms with Crippen LogP contribution in [0.15, 0.2) is 85.5 Å². The van der Waals surface area contributed by atoms with E-state index in [9.17, 15) is 40.7 Å². The number of benzene rings is 4. The lowest BCUT2D eigenvalue weighted by Gasteiger charge is -2.37. The minimum atomic E-state index is -1.29. The van der Waals surface area contributed by atoms with E-state index in [1.54, 1.807) is 51.9 Å². The Hall–Kier alpha value is -7.13. The van der Waals surface area contributed by atoms with Crippen LogP contribution in [0.5, 0.6) is 0 Å². The number of aromatic carboxylic acids is 1. The number of nitrogens with two attached hydrogens (primary N) is 1. The van der Waals surface area contributed by atoms with Crippen LogP contribution in [-0.4, -0.2) is 101 Å². The predicted molar refractivity (Wildman–Crippen MR) is 237 cm³/mol. The molecule has 0 saturated carbocycles. The number of likely N-dealkylation sites (tertiary alicyclic amines) is 1. The molecular formula is C47H50F6N10O5. The van der Waals surface area contributed by atoms with Crippen LogP contribution >= 0.6 is 0 Å². The van der Waals surface area contributed by atoms with Crippen molar-refractivity contribution in [2.45, 2.75) is 63.1 Å². The lowest BCUT2D eigenvalue weighted by atomic mass is 9.85. The number of halogens is 6. The van der Waals surface area contributed by atoms with Gasteiger partial charge in [0.05, 0.1) is 11.1 Å². The molecule has 4 heterocycles. The fourth-order valence-corrected chi connectivity index (χ4v) is 7.81. The Morgan fingerprint density at radius 3 is 1.71 bits per heavy atom. The number of aryl methyl sites for hydroxylation is 2. The number of hydrogen-bond donors (Lipinski definition) is 4. The Labute approximate surface area is 387 Å². The molecule has 0 bridgehead atoms. The third kappa shape index (κ3) is 12.4. The van der Waals surface area contributed by atoms with Gasteiger partial charge in [0, 0.05) is 68.8 Å². The number of rotatable bonds is 7. The van der Waals surface area contributed by atoms with Gasteiger partial charge in [0.1, 0.15) is 29.9 Å². The molecule has 2 fully saturated rings. The van der Waals surface area contributed by atoms with Crippen molar-refractivity contribution in [3.63, 3.8) is 0 Å². The second-order valence-electron chi connectivity index (χ2n) is 17.1. The maximum Gasteiger partial charge on any atom is 0.410 e. The summed E-state index contributed by atoms with van der Waals surface area (Å²) in [6, 6.07) is 14.9. The Morgan fingerprint density at radius 1 is 0.721 bits per heavy atom. The number of carbonyl (C=O) groups excluding carboxylic acids is 2. The third-order valence-electron chi connectivity index (χ3n) is 11.2. The van der Waals surface area contributed by atoms with Crippen LogP contribution in [0, 0.1) is 34.9 Å². The number of hydrogen-bond acceptors (Lipinski definition) is 10. The Kier molecular flexibility index (Phi) is 16.0. The summed E-state index contributed by atoms with van der Waals surface area (Å²) in [6.07, 6.45) is 3.53. The zero-order chi connectivity index (χ0) is 49.4. The van der Waals surface area contributed by atoms with Crippen LogP contribution < -0.4 is 16.4 Å². The van der Waals surface area contributed by atoms with Crippen molar-refractivity contribution in [2.24, 2.45) is 19.8 Å². The number of amides is 2. The predicted octanol–water partition coefficient (Wildman–Crippen LogP) is 7.11. The number of carboxylic acid groups (broad SMARTS) is 1. The highest BCUT2D eigenvalue weighted by Crippen LogP contribution is 2.30. The number of nitrogens with zero attached hydrogens (tertiary/aromatic N) is 7. The minimum absolute atomic E-state index is 0.101. The Bertz CT molecular complexity index is 2760. The maximum absolute atomic E-state index is 14.7. The van der Waals surface area contributed by atoms with Crippen LogP contribution in [0.1, 0.15) is 77.3 Å². The second kappa shape index (κ2) is 21.7. The van der Waals surface area contributed by atoms with Crippen LogP contribution in [0.25, 0.3) is 22.8 Å². The van der Waals surface area contributed by atoms with Crippen LogP contribution in [0.2, 0.25) is 0 Å². The molecule has 0 spiro atoms. The van der Waals surface area contributed by atoms with Gasteiger partial charge < -0.3 is 31.1 Å². The van der Waals surface area contributed by atoms with Gasteiger partial charge in [-0.2, -0.15) is 10.2 Å². The number of carboxylic acids is 1. The summed E-state index contributed by atoms with van der Waals surface area (Å²) in [6.45, 7) is 7.34. The molecule has 68 heavy (non-hydrogen) atoms. The van der Waals surface area contributed by atoms with Crippen molar-refractivity contribution < 1.29 is 50.6 Å². The first-order chi connectivity index (χ1) is 32.2. The van der Waals surface area contributed by atoms with Gasteiger partial charge in [-0.15, -0.1) is 0 Å². The van der Waals surface area contributed by atoms with E-state index >= 15 is 0 Å². The average Bonchev–Trinajstić information content (AvgIpc) is 3.92. The smallest absolute Gasteiger partial charge is 0.410 e. The molecule has 4 aromatic carbocycles. The van der Waals surface area contributed by atoms with E-state index in [1.807, 2.05) is 0 Å². The number of ether oxygens (including phenoxy) is 1. The van der Waals surface area contributed by atoms with Crippen LogP contribution in [0.3, 0.4) is 0 Å². The molecular weight excluding hydrogens is 899 g/mol. The van der Waals surface area contributed by atoms with E-state index in [2.05, 4.69) is 30.8 Å². The zero-order valence-corrected chi connectivity index (χ0v) is 37.7. The van der Waals surface area contributed by atoms with Gasteiger partial charge in [0.2, 0.25) is 0 Å². The molecule has 2 aliphatic rings. The van der Waals surface area contributed by atoms with E-state index in [4.69, 9.17) is 15.6 Å². The van der Waals surface area contributed by atoms with Gasteiger partial charge >= 0.3 is 12.1 Å². The van der Waals surface area contributed by atoms with Gasteiger partial charge in [0.25, 0.3) is 5.91 Å². The van der Waals surface area contributed by atoms with Crippen molar-refractivity contribution in [3.05, 3.63) is 143 Å². The van der Waals surface area contributed by atoms with Crippen LogP contribution in [-0.2, 0) is 18.8 Å². The fourth-order valence-electron chi connectivity index (χ4n) is 7.81. The van der Waals surface area contributed by atoms with Gasteiger partial charge in [-0.1, -0.05) is 24.3 Å². The molecule has 4 atom stereocenters. The first-order valence-electron chi connectivity index (χ1n) is 21.4. The standard InChI is InChI=1S/C21H20F3N5O.C16H22F2N2O2.C10H8FN3O2/c1-29-20(26-11-27-29)13-2-4-15(17(23)9-13)21(30)28-19-10-25-7-6-14(19)12-3-5-16(22)18(24)8-12;1-16(2,3)22-15(21)20-7-6-11(14(19)9-20)10-4-5-12(17)13(18)8-10;1-14-9(12-5-13-14)6-2-3-7(10(15)16)8(11)4-6/h2-5,8-9,11,14,19,25H,6-7,10H2,1H3,(H,28,30);4-5,8,11,14H,6-7,9,19H2,1-3H3;2-5H,1H3,(H,15,16)/t14-,19+;11-,14+;/m00./s1. The van der Waals surface area contributed by atoms with Gasteiger partial charge in [-0.05, 0) is 99.8 Å². The van der Waals surface area contributed by atoms with E-state index in [0.29, 0.717) is 72.9 Å². The first kappa shape index (κ1) is 50.3.